The van der Waals surface area contributed by atoms with E-state index in [1.165, 1.54) is 6.07 Å². The number of aromatic amines is 1. The number of H-pyrrole nitrogens is 1. The number of nitrogens with zero attached hydrogens (tertiary/aromatic N) is 1. The average Bonchev–Trinajstić information content (AvgIpc) is 2.70. The van der Waals surface area contributed by atoms with Crippen LogP contribution in [-0.2, 0) is 0 Å². The van der Waals surface area contributed by atoms with Crippen LogP contribution in [0.4, 0.5) is 4.39 Å². The van der Waals surface area contributed by atoms with Crippen molar-refractivity contribution >= 4 is 39.2 Å². The second kappa shape index (κ2) is 4.58. The van der Waals surface area contributed by atoms with E-state index in [2.05, 4.69) is 20.9 Å². The highest BCUT2D eigenvalue weighted by Crippen LogP contribution is 2.25. The van der Waals surface area contributed by atoms with Crippen LogP contribution < -0.4 is 0 Å². The fourth-order valence-corrected chi connectivity index (χ4v) is 2.82. The number of rotatable bonds is 1. The van der Waals surface area contributed by atoms with Gasteiger partial charge in [-0.25, -0.2) is 4.39 Å². The van der Waals surface area contributed by atoms with Crippen molar-refractivity contribution in [2.75, 3.05) is 0 Å². The van der Waals surface area contributed by atoms with Gasteiger partial charge in [-0.1, -0.05) is 28.1 Å². The lowest BCUT2D eigenvalue weighted by Gasteiger charge is -2.07. The van der Waals surface area contributed by atoms with Crippen LogP contribution in [0.5, 0.6) is 0 Å². The van der Waals surface area contributed by atoms with Gasteiger partial charge < -0.3 is 4.98 Å². The maximum Gasteiger partial charge on any atom is 0.182 e. The molecule has 0 atom stereocenters. The van der Waals surface area contributed by atoms with Crippen LogP contribution in [0.25, 0.3) is 16.7 Å². The molecule has 3 rings (SSSR count). The van der Waals surface area contributed by atoms with Crippen LogP contribution in [0.3, 0.4) is 0 Å². The summed E-state index contributed by atoms with van der Waals surface area (Å²) < 4.78 is 17.1. The zero-order valence-corrected chi connectivity index (χ0v) is 12.5. The number of aryl methyl sites for hydroxylation is 1. The first kappa shape index (κ1) is 12.6. The lowest BCUT2D eigenvalue weighted by Crippen LogP contribution is -1.97. The second-order valence-corrected chi connectivity index (χ2v) is 5.63. The number of halogens is 2. The van der Waals surface area contributed by atoms with Crippen molar-refractivity contribution in [3.63, 3.8) is 0 Å². The molecule has 0 radical (unpaired) electrons. The Morgan fingerprint density at radius 2 is 2.05 bits per heavy atom. The molecule has 0 aliphatic heterocycles. The van der Waals surface area contributed by atoms with Crippen LogP contribution >= 0.6 is 28.1 Å². The summed E-state index contributed by atoms with van der Waals surface area (Å²) in [6.45, 7) is 2.00. The molecule has 0 spiro atoms. The molecule has 1 N–H and O–H groups in total. The molecule has 1 heterocycles. The number of aromatic nitrogens is 2. The highest BCUT2D eigenvalue weighted by molar-refractivity contribution is 9.10. The van der Waals surface area contributed by atoms with Gasteiger partial charge in [-0.05, 0) is 49.0 Å². The Bertz CT molecular complexity index is 835. The van der Waals surface area contributed by atoms with E-state index in [-0.39, 0.29) is 5.82 Å². The van der Waals surface area contributed by atoms with Crippen molar-refractivity contribution in [1.82, 2.24) is 9.55 Å². The minimum atomic E-state index is -0.304. The van der Waals surface area contributed by atoms with Crippen molar-refractivity contribution < 1.29 is 4.39 Å². The quantitative estimate of drug-likeness (QED) is 0.627. The lowest BCUT2D eigenvalue weighted by atomic mass is 10.2. The summed E-state index contributed by atoms with van der Waals surface area (Å²) in [6.07, 6.45) is 0. The van der Waals surface area contributed by atoms with Crippen molar-refractivity contribution in [2.24, 2.45) is 0 Å². The standard InChI is InChI=1S/C14H10BrFN2S/c1-8-3-2-4-11-13(8)17-14(19)18(11)12-7-9(15)5-6-10(12)16/h2-7H,1H3,(H,17,19). The van der Waals surface area contributed by atoms with Gasteiger partial charge in [0.2, 0.25) is 0 Å². The van der Waals surface area contributed by atoms with Crippen LogP contribution in [0.2, 0.25) is 0 Å². The van der Waals surface area contributed by atoms with E-state index in [9.17, 15) is 4.39 Å². The molecule has 96 valence electrons. The topological polar surface area (TPSA) is 20.7 Å². The third-order valence-corrected chi connectivity index (χ3v) is 3.85. The summed E-state index contributed by atoms with van der Waals surface area (Å²) in [5, 5.41) is 0. The zero-order chi connectivity index (χ0) is 13.6. The maximum atomic E-state index is 14.0. The number of hydrogen-bond donors (Lipinski definition) is 1. The van der Waals surface area contributed by atoms with E-state index in [1.54, 1.807) is 16.7 Å². The van der Waals surface area contributed by atoms with Gasteiger partial charge in [0.25, 0.3) is 0 Å². The maximum absolute atomic E-state index is 14.0. The molecule has 2 aromatic carbocycles. The predicted octanol–water partition coefficient (Wildman–Crippen LogP) is 4.90. The van der Waals surface area contributed by atoms with Gasteiger partial charge in [0, 0.05) is 4.47 Å². The Hall–Kier alpha value is -1.46. The molecule has 5 heteroatoms. The molecule has 0 saturated carbocycles. The van der Waals surface area contributed by atoms with E-state index in [0.29, 0.717) is 10.5 Å². The number of fused-ring (bicyclic) bond motifs is 1. The van der Waals surface area contributed by atoms with Crippen molar-refractivity contribution in [3.05, 3.63) is 57.0 Å². The summed E-state index contributed by atoms with van der Waals surface area (Å²) in [5.74, 6) is -0.304. The summed E-state index contributed by atoms with van der Waals surface area (Å²) in [7, 11) is 0. The molecule has 1 aromatic heterocycles. The van der Waals surface area contributed by atoms with E-state index < -0.39 is 0 Å². The third kappa shape index (κ3) is 2.03. The minimum Gasteiger partial charge on any atom is -0.330 e. The van der Waals surface area contributed by atoms with Crippen molar-refractivity contribution in [2.45, 2.75) is 6.92 Å². The summed E-state index contributed by atoms with van der Waals surface area (Å²) in [6, 6.07) is 10.7. The van der Waals surface area contributed by atoms with Gasteiger partial charge in [0.15, 0.2) is 4.77 Å². The molecule has 0 fully saturated rings. The predicted molar refractivity (Wildman–Crippen MR) is 80.9 cm³/mol. The summed E-state index contributed by atoms with van der Waals surface area (Å²) >= 11 is 8.68. The Labute approximate surface area is 123 Å². The number of para-hydroxylation sites is 1. The second-order valence-electron chi connectivity index (χ2n) is 4.33. The first-order chi connectivity index (χ1) is 9.08. The summed E-state index contributed by atoms with van der Waals surface area (Å²) in [5.41, 5.74) is 3.34. The van der Waals surface area contributed by atoms with E-state index in [4.69, 9.17) is 12.2 Å². The third-order valence-electron chi connectivity index (χ3n) is 3.08. The SMILES string of the molecule is Cc1cccc2c1[nH]c(=S)n2-c1cc(Br)ccc1F. The number of nitrogens with one attached hydrogen (secondary N) is 1. The highest BCUT2D eigenvalue weighted by atomic mass is 79.9. The molecule has 2 nitrogen and oxygen atoms in total. The Kier molecular flexibility index (Phi) is 3.03. The van der Waals surface area contributed by atoms with Crippen LogP contribution in [0, 0.1) is 17.5 Å². The highest BCUT2D eigenvalue weighted by Gasteiger charge is 2.12. The number of benzene rings is 2. The van der Waals surface area contributed by atoms with Crippen molar-refractivity contribution in [1.29, 1.82) is 0 Å². The first-order valence-electron chi connectivity index (χ1n) is 5.73. The molecule has 0 amide bonds. The van der Waals surface area contributed by atoms with E-state index in [1.807, 2.05) is 25.1 Å². The monoisotopic (exact) mass is 336 g/mol. The number of imidazole rings is 1. The first-order valence-corrected chi connectivity index (χ1v) is 6.94. The minimum absolute atomic E-state index is 0.304. The molecule has 0 bridgehead atoms. The molecule has 0 saturated heterocycles. The van der Waals surface area contributed by atoms with Crippen LogP contribution in [-0.4, -0.2) is 9.55 Å². The fraction of sp³-hybridized carbons (Fsp3) is 0.0714. The van der Waals surface area contributed by atoms with Gasteiger partial charge in [-0.2, -0.15) is 0 Å². The van der Waals surface area contributed by atoms with Crippen LogP contribution in [0.15, 0.2) is 40.9 Å². The Balaban J connectivity index is 2.43. The fourth-order valence-electron chi connectivity index (χ4n) is 2.17. The average molecular weight is 337 g/mol. The van der Waals surface area contributed by atoms with Crippen LogP contribution in [0.1, 0.15) is 5.56 Å². The molecule has 0 aliphatic carbocycles. The van der Waals surface area contributed by atoms with Gasteiger partial charge in [0.05, 0.1) is 16.7 Å². The molecule has 3 aromatic rings. The molecule has 19 heavy (non-hydrogen) atoms. The molecule has 0 aliphatic rings. The zero-order valence-electron chi connectivity index (χ0n) is 10.1. The number of hydrogen-bond acceptors (Lipinski definition) is 1. The lowest BCUT2D eigenvalue weighted by molar-refractivity contribution is 0.618. The van der Waals surface area contributed by atoms with E-state index in [0.717, 1.165) is 21.1 Å². The molecular formula is C14H10BrFN2S. The van der Waals surface area contributed by atoms with Gasteiger partial charge in [-0.15, -0.1) is 0 Å². The van der Waals surface area contributed by atoms with Gasteiger partial charge in [0.1, 0.15) is 5.82 Å². The Morgan fingerprint density at radius 3 is 2.84 bits per heavy atom. The normalized spacial score (nSPS) is 11.1. The smallest absolute Gasteiger partial charge is 0.182 e. The molecule has 0 unspecified atom stereocenters. The van der Waals surface area contributed by atoms with Gasteiger partial charge in [-0.3, -0.25) is 4.57 Å². The van der Waals surface area contributed by atoms with Crippen molar-refractivity contribution in [3.8, 4) is 5.69 Å². The van der Waals surface area contributed by atoms with E-state index >= 15 is 0 Å². The summed E-state index contributed by atoms with van der Waals surface area (Å²) in [4.78, 5) is 3.14. The largest absolute Gasteiger partial charge is 0.330 e. The Morgan fingerprint density at radius 1 is 1.26 bits per heavy atom. The molecular weight excluding hydrogens is 327 g/mol. The van der Waals surface area contributed by atoms with Gasteiger partial charge >= 0.3 is 0 Å².